The lowest BCUT2D eigenvalue weighted by Crippen LogP contribution is -2.32. The minimum Gasteiger partial charge on any atom is -0.378 e. The summed E-state index contributed by atoms with van der Waals surface area (Å²) >= 11 is 0. The van der Waals surface area contributed by atoms with Gasteiger partial charge in [-0.05, 0) is 42.3 Å². The van der Waals surface area contributed by atoms with Crippen molar-refractivity contribution in [2.75, 3.05) is 19.0 Å². The molecule has 1 amide bonds. The molecule has 3 aromatic rings. The molecule has 7 heteroatoms. The highest BCUT2D eigenvalue weighted by Gasteiger charge is 2.25. The standard InChI is InChI=1S/C20H23N5O2/c1-13(2)17(20-23-18(24-27-20)14-9-11-21-12-10-14)22-19(26)15-5-7-16(8-6-15)25(3)4/h5-13,17H,1-4H3,(H,22,26). The maximum Gasteiger partial charge on any atom is 0.251 e. The Bertz CT molecular complexity index is 888. The third-order valence-corrected chi connectivity index (χ3v) is 4.25. The van der Waals surface area contributed by atoms with Crippen LogP contribution >= 0.6 is 0 Å². The zero-order chi connectivity index (χ0) is 19.4. The molecule has 1 atom stereocenters. The molecule has 2 heterocycles. The number of benzene rings is 1. The highest BCUT2D eigenvalue weighted by molar-refractivity contribution is 5.94. The van der Waals surface area contributed by atoms with Crippen LogP contribution in [-0.4, -0.2) is 35.1 Å². The Morgan fingerprint density at radius 3 is 2.33 bits per heavy atom. The second-order valence-corrected chi connectivity index (χ2v) is 6.83. The van der Waals surface area contributed by atoms with Crippen LogP contribution in [0, 0.1) is 5.92 Å². The minimum atomic E-state index is -0.380. The lowest BCUT2D eigenvalue weighted by atomic mass is 10.0. The van der Waals surface area contributed by atoms with Gasteiger partial charge in [-0.1, -0.05) is 19.0 Å². The van der Waals surface area contributed by atoms with Crippen LogP contribution < -0.4 is 10.2 Å². The van der Waals surface area contributed by atoms with Crippen molar-refractivity contribution in [3.63, 3.8) is 0 Å². The SMILES string of the molecule is CC(C)C(NC(=O)c1ccc(N(C)C)cc1)c1nc(-c2ccncc2)no1. The fourth-order valence-electron chi connectivity index (χ4n) is 2.63. The number of amides is 1. The van der Waals surface area contributed by atoms with E-state index in [-0.39, 0.29) is 17.9 Å². The third-order valence-electron chi connectivity index (χ3n) is 4.25. The second kappa shape index (κ2) is 7.99. The van der Waals surface area contributed by atoms with Crippen LogP contribution in [0.1, 0.15) is 36.1 Å². The van der Waals surface area contributed by atoms with E-state index in [0.717, 1.165) is 11.3 Å². The molecular weight excluding hydrogens is 342 g/mol. The van der Waals surface area contributed by atoms with Crippen molar-refractivity contribution in [2.24, 2.45) is 5.92 Å². The minimum absolute atomic E-state index is 0.0840. The Balaban J connectivity index is 1.78. The molecule has 0 fully saturated rings. The Labute approximate surface area is 158 Å². The average Bonchev–Trinajstić information content (AvgIpc) is 3.16. The molecular formula is C20H23N5O2. The van der Waals surface area contributed by atoms with Crippen molar-refractivity contribution in [3.05, 3.63) is 60.2 Å². The summed E-state index contributed by atoms with van der Waals surface area (Å²) in [7, 11) is 3.92. The molecule has 1 N–H and O–H groups in total. The van der Waals surface area contributed by atoms with Gasteiger partial charge in [-0.25, -0.2) is 0 Å². The molecule has 1 unspecified atom stereocenters. The number of nitrogens with zero attached hydrogens (tertiary/aromatic N) is 4. The lowest BCUT2D eigenvalue weighted by Gasteiger charge is -2.19. The fraction of sp³-hybridized carbons (Fsp3) is 0.300. The van der Waals surface area contributed by atoms with Gasteiger partial charge in [0.25, 0.3) is 5.91 Å². The topological polar surface area (TPSA) is 84.2 Å². The molecule has 0 aliphatic rings. The average molecular weight is 365 g/mol. The Hall–Kier alpha value is -3.22. The van der Waals surface area contributed by atoms with Crippen LogP contribution in [0.15, 0.2) is 53.3 Å². The normalized spacial score (nSPS) is 12.0. The predicted molar refractivity (Wildman–Crippen MR) is 103 cm³/mol. The summed E-state index contributed by atoms with van der Waals surface area (Å²) in [5.41, 5.74) is 2.43. The molecule has 0 bridgehead atoms. The summed E-state index contributed by atoms with van der Waals surface area (Å²) in [6.45, 7) is 3.99. The van der Waals surface area contributed by atoms with E-state index >= 15 is 0 Å². The van der Waals surface area contributed by atoms with E-state index in [1.807, 2.05) is 57.1 Å². The first-order valence-electron chi connectivity index (χ1n) is 8.78. The van der Waals surface area contributed by atoms with E-state index < -0.39 is 0 Å². The van der Waals surface area contributed by atoms with Gasteiger partial charge in [-0.15, -0.1) is 0 Å². The van der Waals surface area contributed by atoms with Gasteiger partial charge in [-0.2, -0.15) is 4.98 Å². The summed E-state index contributed by atoms with van der Waals surface area (Å²) in [5, 5.41) is 7.03. The third kappa shape index (κ3) is 4.31. The van der Waals surface area contributed by atoms with Gasteiger partial charge >= 0.3 is 0 Å². The van der Waals surface area contributed by atoms with Gasteiger partial charge in [0.15, 0.2) is 0 Å². The highest BCUT2D eigenvalue weighted by atomic mass is 16.5. The zero-order valence-corrected chi connectivity index (χ0v) is 15.9. The van der Waals surface area contributed by atoms with Crippen molar-refractivity contribution < 1.29 is 9.32 Å². The maximum atomic E-state index is 12.7. The summed E-state index contributed by atoms with van der Waals surface area (Å²) < 4.78 is 5.43. The first-order chi connectivity index (χ1) is 13.0. The number of hydrogen-bond acceptors (Lipinski definition) is 6. The number of rotatable bonds is 6. The molecule has 3 rings (SSSR count). The van der Waals surface area contributed by atoms with Gasteiger partial charge in [0.05, 0.1) is 0 Å². The van der Waals surface area contributed by atoms with Gasteiger partial charge in [0.1, 0.15) is 6.04 Å². The fourth-order valence-corrected chi connectivity index (χ4v) is 2.63. The van der Waals surface area contributed by atoms with E-state index in [0.29, 0.717) is 17.3 Å². The van der Waals surface area contributed by atoms with Crippen LogP contribution in [0.5, 0.6) is 0 Å². The molecule has 0 aliphatic carbocycles. The number of hydrogen-bond donors (Lipinski definition) is 1. The first kappa shape index (κ1) is 18.6. The molecule has 0 radical (unpaired) electrons. The van der Waals surface area contributed by atoms with Crippen molar-refractivity contribution in [1.82, 2.24) is 20.4 Å². The Morgan fingerprint density at radius 2 is 1.74 bits per heavy atom. The van der Waals surface area contributed by atoms with E-state index in [9.17, 15) is 4.79 Å². The van der Waals surface area contributed by atoms with Gasteiger partial charge in [0.2, 0.25) is 11.7 Å². The van der Waals surface area contributed by atoms with E-state index in [1.165, 1.54) is 0 Å². The molecule has 140 valence electrons. The summed E-state index contributed by atoms with van der Waals surface area (Å²) in [4.78, 5) is 23.1. The van der Waals surface area contributed by atoms with Crippen LogP contribution in [0.3, 0.4) is 0 Å². The van der Waals surface area contributed by atoms with Crippen LogP contribution in [0.25, 0.3) is 11.4 Å². The number of carbonyl (C=O) groups is 1. The first-order valence-corrected chi connectivity index (χ1v) is 8.78. The molecule has 1 aromatic carbocycles. The van der Waals surface area contributed by atoms with Gasteiger partial charge in [-0.3, -0.25) is 9.78 Å². The Kier molecular flexibility index (Phi) is 5.49. The number of anilines is 1. The van der Waals surface area contributed by atoms with Crippen LogP contribution in [0.2, 0.25) is 0 Å². The van der Waals surface area contributed by atoms with Crippen LogP contribution in [-0.2, 0) is 0 Å². The molecule has 0 aliphatic heterocycles. The zero-order valence-electron chi connectivity index (χ0n) is 15.9. The van der Waals surface area contributed by atoms with Crippen molar-refractivity contribution in [2.45, 2.75) is 19.9 Å². The van der Waals surface area contributed by atoms with E-state index in [2.05, 4.69) is 20.4 Å². The molecule has 0 saturated carbocycles. The number of carbonyl (C=O) groups excluding carboxylic acids is 1. The Morgan fingerprint density at radius 1 is 1.07 bits per heavy atom. The monoisotopic (exact) mass is 365 g/mol. The van der Waals surface area contributed by atoms with Gasteiger partial charge in [0, 0.05) is 43.3 Å². The molecule has 0 spiro atoms. The van der Waals surface area contributed by atoms with Crippen molar-refractivity contribution in [3.8, 4) is 11.4 Å². The smallest absolute Gasteiger partial charge is 0.251 e. The summed E-state index contributed by atoms with van der Waals surface area (Å²) in [6.07, 6.45) is 3.34. The number of aromatic nitrogens is 3. The second-order valence-electron chi connectivity index (χ2n) is 6.83. The maximum absolute atomic E-state index is 12.7. The van der Waals surface area contributed by atoms with Crippen molar-refractivity contribution >= 4 is 11.6 Å². The van der Waals surface area contributed by atoms with E-state index in [1.54, 1.807) is 24.5 Å². The largest absolute Gasteiger partial charge is 0.378 e. The van der Waals surface area contributed by atoms with Crippen molar-refractivity contribution in [1.29, 1.82) is 0 Å². The van der Waals surface area contributed by atoms with Gasteiger partial charge < -0.3 is 14.7 Å². The quantitative estimate of drug-likeness (QED) is 0.721. The predicted octanol–water partition coefficient (Wildman–Crippen LogP) is 3.32. The molecule has 2 aromatic heterocycles. The number of pyridine rings is 1. The number of nitrogens with one attached hydrogen (secondary N) is 1. The summed E-state index contributed by atoms with van der Waals surface area (Å²) in [5.74, 6) is 0.765. The summed E-state index contributed by atoms with van der Waals surface area (Å²) in [6, 6.07) is 10.7. The highest BCUT2D eigenvalue weighted by Crippen LogP contribution is 2.24. The molecule has 0 saturated heterocycles. The van der Waals surface area contributed by atoms with Crippen LogP contribution in [0.4, 0.5) is 5.69 Å². The lowest BCUT2D eigenvalue weighted by molar-refractivity contribution is 0.0914. The van der Waals surface area contributed by atoms with E-state index in [4.69, 9.17) is 4.52 Å². The molecule has 7 nitrogen and oxygen atoms in total. The molecule has 27 heavy (non-hydrogen) atoms.